The molecule has 0 aromatic heterocycles. The van der Waals surface area contributed by atoms with E-state index in [-0.39, 0.29) is 11.7 Å². The first-order chi connectivity index (χ1) is 10.2. The molecule has 1 spiro atoms. The second-order valence-corrected chi connectivity index (χ2v) is 6.78. The minimum atomic E-state index is 0.0947. The maximum absolute atomic E-state index is 6.07. The van der Waals surface area contributed by atoms with Crippen molar-refractivity contribution in [1.82, 2.24) is 5.32 Å². The number of piperidine rings is 1. The molecule has 3 rings (SSSR count). The summed E-state index contributed by atoms with van der Waals surface area (Å²) in [7, 11) is 0. The van der Waals surface area contributed by atoms with Gasteiger partial charge >= 0.3 is 0 Å². The van der Waals surface area contributed by atoms with Crippen LogP contribution in [0.2, 0.25) is 0 Å². The zero-order valence-corrected chi connectivity index (χ0v) is 13.2. The van der Waals surface area contributed by atoms with E-state index in [1.165, 1.54) is 11.1 Å². The molecule has 3 heteroatoms. The van der Waals surface area contributed by atoms with E-state index in [9.17, 15) is 0 Å². The topological polar surface area (TPSA) is 30.5 Å². The first-order valence-corrected chi connectivity index (χ1v) is 8.22. The fourth-order valence-electron chi connectivity index (χ4n) is 3.35. The van der Waals surface area contributed by atoms with Gasteiger partial charge in [0.05, 0.1) is 24.9 Å². The molecule has 0 radical (unpaired) electrons. The van der Waals surface area contributed by atoms with E-state index in [1.807, 2.05) is 0 Å². The van der Waals surface area contributed by atoms with Crippen LogP contribution in [0.1, 0.15) is 50.2 Å². The fourth-order valence-corrected chi connectivity index (χ4v) is 3.35. The molecular formula is C18H27NO2. The first kappa shape index (κ1) is 15.0. The first-order valence-electron chi connectivity index (χ1n) is 8.22. The molecule has 2 fully saturated rings. The normalized spacial score (nSPS) is 24.8. The predicted octanol–water partition coefficient (Wildman–Crippen LogP) is 3.24. The average molecular weight is 289 g/mol. The van der Waals surface area contributed by atoms with Gasteiger partial charge < -0.3 is 14.8 Å². The molecule has 0 aliphatic carbocycles. The molecule has 0 saturated carbocycles. The van der Waals surface area contributed by atoms with Gasteiger partial charge in [0.1, 0.15) is 0 Å². The third kappa shape index (κ3) is 3.65. The smallest absolute Gasteiger partial charge is 0.0840 e. The average Bonchev–Trinajstić information content (AvgIpc) is 2.89. The summed E-state index contributed by atoms with van der Waals surface area (Å²) in [6.45, 7) is 8.04. The molecule has 0 bridgehead atoms. The standard InChI is InChI=1S/C18H27NO2/c1-14(2)16-5-3-15(4-6-16)12-20-17-11-18(21-13-17)7-9-19-10-8-18/h3-6,14,17,19H,7-13H2,1-2H3. The molecule has 2 aliphatic rings. The summed E-state index contributed by atoms with van der Waals surface area (Å²) in [5.74, 6) is 0.586. The quantitative estimate of drug-likeness (QED) is 0.923. The molecule has 1 N–H and O–H groups in total. The van der Waals surface area contributed by atoms with Crippen LogP contribution in [0.5, 0.6) is 0 Å². The van der Waals surface area contributed by atoms with Gasteiger partial charge in [0, 0.05) is 6.42 Å². The molecule has 0 amide bonds. The number of benzene rings is 1. The van der Waals surface area contributed by atoms with Crippen molar-refractivity contribution in [3.63, 3.8) is 0 Å². The van der Waals surface area contributed by atoms with Gasteiger partial charge in [-0.05, 0) is 43.0 Å². The Morgan fingerprint density at radius 1 is 1.24 bits per heavy atom. The summed E-state index contributed by atoms with van der Waals surface area (Å²) in [6.07, 6.45) is 3.55. The number of ether oxygens (including phenoxy) is 2. The summed E-state index contributed by atoms with van der Waals surface area (Å²) in [4.78, 5) is 0. The number of nitrogens with one attached hydrogen (secondary N) is 1. The highest BCUT2D eigenvalue weighted by atomic mass is 16.6. The van der Waals surface area contributed by atoms with Crippen molar-refractivity contribution in [2.45, 2.75) is 57.3 Å². The largest absolute Gasteiger partial charge is 0.372 e. The monoisotopic (exact) mass is 289 g/mol. The van der Waals surface area contributed by atoms with Crippen molar-refractivity contribution >= 4 is 0 Å². The van der Waals surface area contributed by atoms with E-state index < -0.39 is 0 Å². The zero-order chi connectivity index (χ0) is 14.7. The maximum Gasteiger partial charge on any atom is 0.0840 e. The van der Waals surface area contributed by atoms with Gasteiger partial charge in [0.2, 0.25) is 0 Å². The van der Waals surface area contributed by atoms with Gasteiger partial charge in [-0.2, -0.15) is 0 Å². The molecular weight excluding hydrogens is 262 g/mol. The van der Waals surface area contributed by atoms with Gasteiger partial charge in [0.15, 0.2) is 0 Å². The minimum absolute atomic E-state index is 0.0947. The number of hydrogen-bond acceptors (Lipinski definition) is 3. The molecule has 21 heavy (non-hydrogen) atoms. The van der Waals surface area contributed by atoms with Crippen molar-refractivity contribution in [2.75, 3.05) is 19.7 Å². The molecule has 2 saturated heterocycles. The van der Waals surface area contributed by atoms with Crippen LogP contribution in [0.3, 0.4) is 0 Å². The van der Waals surface area contributed by atoms with Crippen LogP contribution in [0, 0.1) is 0 Å². The van der Waals surface area contributed by atoms with Crippen LogP contribution in [-0.4, -0.2) is 31.4 Å². The Morgan fingerprint density at radius 3 is 2.62 bits per heavy atom. The van der Waals surface area contributed by atoms with E-state index in [0.717, 1.165) is 39.0 Å². The molecule has 1 aromatic carbocycles. The molecule has 1 unspecified atom stereocenters. The van der Waals surface area contributed by atoms with Crippen LogP contribution >= 0.6 is 0 Å². The van der Waals surface area contributed by atoms with E-state index in [1.54, 1.807) is 0 Å². The third-order valence-electron chi connectivity index (χ3n) is 4.82. The highest BCUT2D eigenvalue weighted by molar-refractivity contribution is 5.24. The van der Waals surface area contributed by atoms with E-state index >= 15 is 0 Å². The highest BCUT2D eigenvalue weighted by Crippen LogP contribution is 2.35. The van der Waals surface area contributed by atoms with Crippen LogP contribution in [0.4, 0.5) is 0 Å². The second kappa shape index (κ2) is 6.47. The van der Waals surface area contributed by atoms with Crippen molar-refractivity contribution in [2.24, 2.45) is 0 Å². The van der Waals surface area contributed by atoms with Gasteiger partial charge in [0.25, 0.3) is 0 Å². The molecule has 1 aromatic rings. The highest BCUT2D eigenvalue weighted by Gasteiger charge is 2.41. The Hall–Kier alpha value is -0.900. The lowest BCUT2D eigenvalue weighted by atomic mass is 9.89. The Kier molecular flexibility index (Phi) is 4.63. The Morgan fingerprint density at radius 2 is 1.95 bits per heavy atom. The maximum atomic E-state index is 6.07. The van der Waals surface area contributed by atoms with Crippen LogP contribution < -0.4 is 5.32 Å². The Labute approximate surface area is 128 Å². The van der Waals surface area contributed by atoms with E-state index in [2.05, 4.69) is 43.4 Å². The zero-order valence-electron chi connectivity index (χ0n) is 13.2. The van der Waals surface area contributed by atoms with E-state index in [0.29, 0.717) is 12.5 Å². The Balaban J connectivity index is 1.49. The molecule has 116 valence electrons. The Bertz CT molecular complexity index is 449. The minimum Gasteiger partial charge on any atom is -0.372 e. The fraction of sp³-hybridized carbons (Fsp3) is 0.667. The summed E-state index contributed by atoms with van der Waals surface area (Å²) in [6, 6.07) is 8.79. The van der Waals surface area contributed by atoms with Gasteiger partial charge in [-0.1, -0.05) is 38.1 Å². The SMILES string of the molecule is CC(C)c1ccc(COC2COC3(CCNCC3)C2)cc1. The van der Waals surface area contributed by atoms with E-state index in [4.69, 9.17) is 9.47 Å². The summed E-state index contributed by atoms with van der Waals surface area (Å²) >= 11 is 0. The van der Waals surface area contributed by atoms with Crippen LogP contribution in [0.25, 0.3) is 0 Å². The van der Waals surface area contributed by atoms with Gasteiger partial charge in [-0.25, -0.2) is 0 Å². The molecule has 2 heterocycles. The molecule has 2 aliphatic heterocycles. The van der Waals surface area contributed by atoms with Crippen molar-refractivity contribution < 1.29 is 9.47 Å². The second-order valence-electron chi connectivity index (χ2n) is 6.78. The van der Waals surface area contributed by atoms with Gasteiger partial charge in [-0.15, -0.1) is 0 Å². The van der Waals surface area contributed by atoms with Crippen molar-refractivity contribution in [3.8, 4) is 0 Å². The number of rotatable bonds is 4. The predicted molar refractivity (Wildman–Crippen MR) is 84.5 cm³/mol. The lowest BCUT2D eigenvalue weighted by Crippen LogP contribution is -2.41. The van der Waals surface area contributed by atoms with Crippen LogP contribution in [0.15, 0.2) is 24.3 Å². The lowest BCUT2D eigenvalue weighted by molar-refractivity contribution is -0.0240. The third-order valence-corrected chi connectivity index (χ3v) is 4.82. The summed E-state index contributed by atoms with van der Waals surface area (Å²) in [5.41, 5.74) is 2.74. The summed E-state index contributed by atoms with van der Waals surface area (Å²) in [5, 5.41) is 3.40. The van der Waals surface area contributed by atoms with Crippen molar-refractivity contribution in [3.05, 3.63) is 35.4 Å². The van der Waals surface area contributed by atoms with Crippen molar-refractivity contribution in [1.29, 1.82) is 0 Å². The molecule has 3 nitrogen and oxygen atoms in total. The summed E-state index contributed by atoms with van der Waals surface area (Å²) < 4.78 is 12.1. The lowest BCUT2D eigenvalue weighted by Gasteiger charge is -2.32. The van der Waals surface area contributed by atoms with Crippen LogP contribution in [-0.2, 0) is 16.1 Å². The van der Waals surface area contributed by atoms with Gasteiger partial charge in [-0.3, -0.25) is 0 Å². The molecule has 1 atom stereocenters. The number of hydrogen-bond donors (Lipinski definition) is 1.